The molecular weight excluding hydrogens is 342 g/mol. The summed E-state index contributed by atoms with van der Waals surface area (Å²) in [6.45, 7) is 2.00. The third-order valence-corrected chi connectivity index (χ3v) is 4.61. The van der Waals surface area contributed by atoms with Crippen molar-refractivity contribution in [3.8, 4) is 0 Å². The second kappa shape index (κ2) is 7.56. The van der Waals surface area contributed by atoms with E-state index in [0.717, 1.165) is 18.7 Å². The van der Waals surface area contributed by atoms with Gasteiger partial charge in [-0.1, -0.05) is 23.9 Å². The van der Waals surface area contributed by atoms with Gasteiger partial charge in [0, 0.05) is 5.92 Å². The van der Waals surface area contributed by atoms with Crippen molar-refractivity contribution in [2.75, 3.05) is 23.5 Å². The van der Waals surface area contributed by atoms with Gasteiger partial charge >= 0.3 is 5.97 Å². The van der Waals surface area contributed by atoms with Crippen LogP contribution in [0.25, 0.3) is 0 Å². The molecule has 3 rings (SSSR count). The first-order valence-corrected chi connectivity index (χ1v) is 8.98. The summed E-state index contributed by atoms with van der Waals surface area (Å²) in [5, 5.41) is 11.3. The van der Waals surface area contributed by atoms with Gasteiger partial charge in [0.1, 0.15) is 0 Å². The lowest BCUT2D eigenvalue weighted by molar-refractivity contribution is -0.113. The minimum absolute atomic E-state index is 0.108. The molecule has 1 aromatic carbocycles. The average molecular weight is 361 g/mol. The van der Waals surface area contributed by atoms with Crippen LogP contribution in [0.1, 0.15) is 41.9 Å². The molecule has 3 N–H and O–H groups in total. The van der Waals surface area contributed by atoms with Gasteiger partial charge in [0.2, 0.25) is 11.1 Å². The lowest BCUT2D eigenvalue weighted by Gasteiger charge is -2.10. The van der Waals surface area contributed by atoms with Crippen LogP contribution in [0, 0.1) is 0 Å². The minimum Gasteiger partial charge on any atom is -0.462 e. The van der Waals surface area contributed by atoms with Gasteiger partial charge in [-0.2, -0.15) is 0 Å². The summed E-state index contributed by atoms with van der Waals surface area (Å²) in [5.74, 6) is 6.48. The predicted octanol–water partition coefficient (Wildman–Crippen LogP) is 1.78. The fraction of sp³-hybridized carbons (Fsp3) is 0.375. The van der Waals surface area contributed by atoms with E-state index in [9.17, 15) is 9.59 Å². The smallest absolute Gasteiger partial charge is 0.340 e. The Hall–Kier alpha value is -2.55. The Bertz CT molecular complexity index is 788. The third kappa shape index (κ3) is 4.11. The molecule has 0 unspecified atom stereocenters. The van der Waals surface area contributed by atoms with Gasteiger partial charge in [-0.05, 0) is 31.9 Å². The number of carbonyl (C=O) groups excluding carboxylic acids is 2. The quantitative estimate of drug-likeness (QED) is 0.439. The summed E-state index contributed by atoms with van der Waals surface area (Å²) in [5.41, 5.74) is 0.736. The molecular formula is C16H19N5O3S. The van der Waals surface area contributed by atoms with E-state index in [0.29, 0.717) is 22.3 Å². The maximum atomic E-state index is 12.2. The molecule has 1 heterocycles. The Morgan fingerprint density at radius 3 is 2.84 bits per heavy atom. The molecule has 1 saturated carbocycles. The number of para-hydroxylation sites is 1. The molecule has 9 heteroatoms. The highest BCUT2D eigenvalue weighted by atomic mass is 32.2. The lowest BCUT2D eigenvalue weighted by Crippen LogP contribution is -2.19. The van der Waals surface area contributed by atoms with Crippen LogP contribution in [0.3, 0.4) is 0 Å². The van der Waals surface area contributed by atoms with E-state index in [4.69, 9.17) is 10.6 Å². The molecule has 8 nitrogen and oxygen atoms in total. The Morgan fingerprint density at radius 2 is 2.12 bits per heavy atom. The standard InChI is InChI=1S/C16H19N5O3S/c1-2-24-15(23)11-5-3-4-6-12(11)18-13(22)9-25-16-20-19-14(21(16)17)10-7-8-10/h3-6,10H,2,7-9,17H2,1H3,(H,18,22). The van der Waals surface area contributed by atoms with Crippen molar-refractivity contribution in [3.05, 3.63) is 35.7 Å². The topological polar surface area (TPSA) is 112 Å². The van der Waals surface area contributed by atoms with Gasteiger partial charge in [0.05, 0.1) is 23.6 Å². The number of amides is 1. The fourth-order valence-corrected chi connectivity index (χ4v) is 2.97. The summed E-state index contributed by atoms with van der Waals surface area (Å²) < 4.78 is 6.44. The first-order valence-electron chi connectivity index (χ1n) is 7.99. The van der Waals surface area contributed by atoms with Crippen LogP contribution in [-0.4, -0.2) is 39.1 Å². The lowest BCUT2D eigenvalue weighted by atomic mass is 10.2. The van der Waals surface area contributed by atoms with Crippen LogP contribution in [0.5, 0.6) is 0 Å². The number of nitrogens with zero attached hydrogens (tertiary/aromatic N) is 3. The molecule has 1 aromatic heterocycles. The molecule has 132 valence electrons. The molecule has 2 aromatic rings. The largest absolute Gasteiger partial charge is 0.462 e. The van der Waals surface area contributed by atoms with Crippen molar-refractivity contribution in [2.24, 2.45) is 0 Å². The number of hydrogen-bond acceptors (Lipinski definition) is 7. The van der Waals surface area contributed by atoms with Crippen LogP contribution >= 0.6 is 11.8 Å². The minimum atomic E-state index is -0.471. The first kappa shape index (κ1) is 17.3. The molecule has 0 radical (unpaired) electrons. The summed E-state index contributed by atoms with van der Waals surface area (Å²) in [7, 11) is 0. The van der Waals surface area contributed by atoms with E-state index in [-0.39, 0.29) is 18.3 Å². The Labute approximate surface area is 149 Å². The maximum absolute atomic E-state index is 12.2. The molecule has 0 bridgehead atoms. The molecule has 0 spiro atoms. The highest BCUT2D eigenvalue weighted by Gasteiger charge is 2.30. The van der Waals surface area contributed by atoms with Gasteiger partial charge < -0.3 is 15.9 Å². The van der Waals surface area contributed by atoms with E-state index in [1.165, 1.54) is 16.4 Å². The second-order valence-electron chi connectivity index (χ2n) is 5.59. The number of rotatable bonds is 7. The number of benzene rings is 1. The van der Waals surface area contributed by atoms with Crippen molar-refractivity contribution in [3.63, 3.8) is 0 Å². The molecule has 1 aliphatic rings. The Morgan fingerprint density at radius 1 is 1.36 bits per heavy atom. The van der Waals surface area contributed by atoms with E-state index < -0.39 is 5.97 Å². The summed E-state index contributed by atoms with van der Waals surface area (Å²) in [4.78, 5) is 24.1. The number of thioether (sulfide) groups is 1. The number of anilines is 1. The van der Waals surface area contributed by atoms with Gasteiger partial charge in [-0.15, -0.1) is 10.2 Å². The average Bonchev–Trinajstić information content (AvgIpc) is 3.37. The number of nitrogens with two attached hydrogens (primary N) is 1. The normalized spacial score (nSPS) is 13.5. The van der Waals surface area contributed by atoms with E-state index in [2.05, 4.69) is 15.5 Å². The van der Waals surface area contributed by atoms with Crippen molar-refractivity contribution in [2.45, 2.75) is 30.8 Å². The number of carbonyl (C=O) groups is 2. The number of nitrogen functional groups attached to an aromatic ring is 1. The summed E-state index contributed by atoms with van der Waals surface area (Å²) >= 11 is 1.20. The zero-order valence-corrected chi connectivity index (χ0v) is 14.6. The number of hydrogen-bond donors (Lipinski definition) is 2. The van der Waals surface area contributed by atoms with Gasteiger partial charge in [-0.3, -0.25) is 4.79 Å². The van der Waals surface area contributed by atoms with Crippen molar-refractivity contribution in [1.29, 1.82) is 0 Å². The first-order chi connectivity index (χ1) is 12.1. The van der Waals surface area contributed by atoms with E-state index >= 15 is 0 Å². The van der Waals surface area contributed by atoms with Crippen LogP contribution in [0.4, 0.5) is 5.69 Å². The second-order valence-corrected chi connectivity index (χ2v) is 6.53. The van der Waals surface area contributed by atoms with Crippen molar-refractivity contribution >= 4 is 29.3 Å². The van der Waals surface area contributed by atoms with Crippen LogP contribution < -0.4 is 11.2 Å². The van der Waals surface area contributed by atoms with Crippen molar-refractivity contribution in [1.82, 2.24) is 14.9 Å². The van der Waals surface area contributed by atoms with Gasteiger partial charge in [0.25, 0.3) is 0 Å². The monoisotopic (exact) mass is 361 g/mol. The van der Waals surface area contributed by atoms with E-state index in [1.54, 1.807) is 31.2 Å². The summed E-state index contributed by atoms with van der Waals surface area (Å²) in [6.07, 6.45) is 2.15. The third-order valence-electron chi connectivity index (χ3n) is 3.66. The number of nitrogens with one attached hydrogen (secondary N) is 1. The molecule has 1 aliphatic carbocycles. The highest BCUT2D eigenvalue weighted by Crippen LogP contribution is 2.39. The molecule has 0 aliphatic heterocycles. The number of esters is 1. The fourth-order valence-electron chi connectivity index (χ4n) is 2.30. The Balaban J connectivity index is 1.60. The number of ether oxygens (including phenoxy) is 1. The maximum Gasteiger partial charge on any atom is 0.340 e. The van der Waals surface area contributed by atoms with E-state index in [1.807, 2.05) is 0 Å². The molecule has 0 saturated heterocycles. The highest BCUT2D eigenvalue weighted by molar-refractivity contribution is 7.99. The summed E-state index contributed by atoms with van der Waals surface area (Å²) in [6, 6.07) is 6.72. The SMILES string of the molecule is CCOC(=O)c1ccccc1NC(=O)CSc1nnc(C2CC2)n1N. The van der Waals surface area contributed by atoms with Gasteiger partial charge in [-0.25, -0.2) is 9.47 Å². The molecule has 1 amide bonds. The van der Waals surface area contributed by atoms with Crippen molar-refractivity contribution < 1.29 is 14.3 Å². The van der Waals surface area contributed by atoms with Crippen LogP contribution in [0.15, 0.2) is 29.4 Å². The molecule has 0 atom stereocenters. The number of aromatic nitrogens is 3. The molecule has 1 fully saturated rings. The van der Waals surface area contributed by atoms with Crippen LogP contribution in [-0.2, 0) is 9.53 Å². The predicted molar refractivity (Wildman–Crippen MR) is 93.9 cm³/mol. The zero-order chi connectivity index (χ0) is 17.8. The molecule has 25 heavy (non-hydrogen) atoms. The van der Waals surface area contributed by atoms with Gasteiger partial charge in [0.15, 0.2) is 5.82 Å². The zero-order valence-electron chi connectivity index (χ0n) is 13.8. The Kier molecular flexibility index (Phi) is 5.22. The van der Waals surface area contributed by atoms with Crippen LogP contribution in [0.2, 0.25) is 0 Å².